The van der Waals surface area contributed by atoms with Crippen LogP contribution >= 0.6 is 22.9 Å². The zero-order chi connectivity index (χ0) is 24.0. The van der Waals surface area contributed by atoms with Crippen LogP contribution in [0.25, 0.3) is 11.2 Å². The maximum atomic E-state index is 12.8. The highest BCUT2D eigenvalue weighted by molar-refractivity contribution is 7.16. The summed E-state index contributed by atoms with van der Waals surface area (Å²) >= 11 is 7.34. The van der Waals surface area contributed by atoms with Crippen LogP contribution < -0.4 is 5.32 Å². The zero-order valence-electron chi connectivity index (χ0n) is 18.7. The van der Waals surface area contributed by atoms with Crippen molar-refractivity contribution in [1.29, 1.82) is 0 Å². The number of rotatable bonds is 6. The number of imidazole rings is 1. The molecular formula is C23H24ClN5O4S. The Hall–Kier alpha value is -2.71. The minimum atomic E-state index is -1.22. The standard InChI is InChI=1S/C23H24ClN5O4S/c1-3-4-9-33-22(32)23-10-13(23)17(18(30)19(23)31)29-11-26-16-20(25-2)27-15(28-21(16)29)8-6-12-5-7-14(24)34-12/h5,7,11,13,17-19,30-31H,3-4,9-10H2,1-2H3,(H,25,27,28)/t13-,17-,18+,19+,23+/m1/s1. The Balaban J connectivity index is 1.50. The summed E-state index contributed by atoms with van der Waals surface area (Å²) in [6, 6.07) is 3.02. The van der Waals surface area contributed by atoms with Crippen LogP contribution in [-0.4, -0.2) is 61.6 Å². The van der Waals surface area contributed by atoms with E-state index in [-0.39, 0.29) is 11.7 Å². The van der Waals surface area contributed by atoms with Crippen LogP contribution in [-0.2, 0) is 9.53 Å². The van der Waals surface area contributed by atoms with E-state index in [1.54, 1.807) is 24.0 Å². The Kier molecular flexibility index (Phi) is 5.98. The molecule has 0 unspecified atom stereocenters. The van der Waals surface area contributed by atoms with Gasteiger partial charge in [-0.2, -0.15) is 0 Å². The lowest BCUT2D eigenvalue weighted by atomic mass is 9.99. The Morgan fingerprint density at radius 2 is 2.21 bits per heavy atom. The Labute approximate surface area is 205 Å². The van der Waals surface area contributed by atoms with E-state index in [9.17, 15) is 15.0 Å². The smallest absolute Gasteiger partial charge is 0.315 e. The number of aromatic nitrogens is 4. The van der Waals surface area contributed by atoms with Crippen molar-refractivity contribution in [3.05, 3.63) is 33.5 Å². The average Bonchev–Trinajstić information content (AvgIpc) is 3.08. The van der Waals surface area contributed by atoms with E-state index in [2.05, 4.69) is 32.1 Å². The third-order valence-corrected chi connectivity index (χ3v) is 7.78. The first kappa shape index (κ1) is 23.1. The van der Waals surface area contributed by atoms with Crippen molar-refractivity contribution in [2.24, 2.45) is 11.3 Å². The van der Waals surface area contributed by atoms with E-state index in [1.165, 1.54) is 11.3 Å². The fourth-order valence-corrected chi connectivity index (χ4v) is 5.72. The first-order valence-corrected chi connectivity index (χ1v) is 12.3. The fraction of sp³-hybridized carbons (Fsp3) is 0.478. The number of halogens is 1. The molecular weight excluding hydrogens is 478 g/mol. The van der Waals surface area contributed by atoms with Gasteiger partial charge in [0.2, 0.25) is 5.82 Å². The van der Waals surface area contributed by atoms with E-state index in [0.717, 1.165) is 17.7 Å². The maximum Gasteiger partial charge on any atom is 0.315 e. The quantitative estimate of drug-likeness (QED) is 0.267. The summed E-state index contributed by atoms with van der Waals surface area (Å²) in [7, 11) is 1.73. The second-order valence-electron chi connectivity index (χ2n) is 8.59. The molecule has 3 N–H and O–H groups in total. The molecule has 5 rings (SSSR count). The molecule has 0 aromatic carbocycles. The van der Waals surface area contributed by atoms with Gasteiger partial charge in [0.25, 0.3) is 0 Å². The van der Waals surface area contributed by atoms with Crippen LogP contribution in [0.3, 0.4) is 0 Å². The molecule has 0 amide bonds. The number of carbonyl (C=O) groups excluding carboxylic acids is 1. The molecule has 0 saturated heterocycles. The normalized spacial score (nSPS) is 27.2. The van der Waals surface area contributed by atoms with E-state index < -0.39 is 29.6 Å². The predicted molar refractivity (Wildman–Crippen MR) is 128 cm³/mol. The third-order valence-electron chi connectivity index (χ3n) is 6.63. The predicted octanol–water partition coefficient (Wildman–Crippen LogP) is 2.61. The van der Waals surface area contributed by atoms with Gasteiger partial charge in [-0.25, -0.2) is 15.0 Å². The largest absolute Gasteiger partial charge is 0.465 e. The molecule has 3 aromatic heterocycles. The lowest BCUT2D eigenvalue weighted by molar-refractivity contribution is -0.157. The monoisotopic (exact) mass is 501 g/mol. The van der Waals surface area contributed by atoms with Crippen molar-refractivity contribution in [3.8, 4) is 11.8 Å². The van der Waals surface area contributed by atoms with E-state index in [4.69, 9.17) is 16.3 Å². The molecule has 2 saturated carbocycles. The summed E-state index contributed by atoms with van der Waals surface area (Å²) in [4.78, 5) is 27.1. The maximum absolute atomic E-state index is 12.8. The number of hydrogen-bond donors (Lipinski definition) is 3. The van der Waals surface area contributed by atoms with Gasteiger partial charge in [0.1, 0.15) is 11.5 Å². The van der Waals surface area contributed by atoms with Gasteiger partial charge in [-0.3, -0.25) is 4.79 Å². The second-order valence-corrected chi connectivity index (χ2v) is 10.3. The molecule has 2 aliphatic rings. The van der Waals surface area contributed by atoms with E-state index >= 15 is 0 Å². The second kappa shape index (κ2) is 8.82. The first-order chi connectivity index (χ1) is 16.4. The number of esters is 1. The summed E-state index contributed by atoms with van der Waals surface area (Å²) < 4.78 is 7.78. The van der Waals surface area contributed by atoms with E-state index in [1.807, 2.05) is 13.0 Å². The minimum absolute atomic E-state index is 0.275. The number of fused-ring (bicyclic) bond motifs is 2. The molecule has 3 heterocycles. The van der Waals surface area contributed by atoms with Gasteiger partial charge in [-0.15, -0.1) is 11.3 Å². The first-order valence-electron chi connectivity index (χ1n) is 11.1. The number of anilines is 1. The van der Waals surface area contributed by atoms with Crippen molar-refractivity contribution in [1.82, 2.24) is 19.5 Å². The number of carbonyl (C=O) groups is 1. The van der Waals surface area contributed by atoms with Crippen LogP contribution in [0.5, 0.6) is 0 Å². The van der Waals surface area contributed by atoms with Gasteiger partial charge in [0.15, 0.2) is 17.0 Å². The molecule has 178 valence electrons. The van der Waals surface area contributed by atoms with Crippen LogP contribution in [0.2, 0.25) is 4.34 Å². The highest BCUT2D eigenvalue weighted by Gasteiger charge is 2.76. The van der Waals surface area contributed by atoms with Crippen LogP contribution in [0, 0.1) is 23.2 Å². The number of nitrogens with zero attached hydrogens (tertiary/aromatic N) is 4. The van der Waals surface area contributed by atoms with Crippen molar-refractivity contribution in [2.75, 3.05) is 19.0 Å². The summed E-state index contributed by atoms with van der Waals surface area (Å²) in [5.41, 5.74) is -0.113. The SMILES string of the molecule is CCCCOC(=O)[C@@]12C[C@@H]1[C@@H](n1cnc3c(NC)nc(C#Cc4ccc(Cl)s4)nc31)[C@H](O)[C@@H]2O. The number of aliphatic hydroxyl groups is 2. The van der Waals surface area contributed by atoms with Gasteiger partial charge < -0.3 is 24.8 Å². The summed E-state index contributed by atoms with van der Waals surface area (Å²) in [6.45, 7) is 2.32. The number of nitrogens with one attached hydrogen (secondary N) is 1. The number of hydrogen-bond acceptors (Lipinski definition) is 9. The van der Waals surface area contributed by atoms with Crippen molar-refractivity contribution < 1.29 is 19.7 Å². The molecule has 34 heavy (non-hydrogen) atoms. The number of ether oxygens (including phenoxy) is 1. The molecule has 0 radical (unpaired) electrons. The number of aliphatic hydroxyl groups excluding tert-OH is 2. The van der Waals surface area contributed by atoms with Crippen LogP contribution in [0.1, 0.15) is 42.9 Å². The lowest BCUT2D eigenvalue weighted by Gasteiger charge is -2.23. The van der Waals surface area contributed by atoms with Gasteiger partial charge in [0, 0.05) is 13.0 Å². The minimum Gasteiger partial charge on any atom is -0.465 e. The zero-order valence-corrected chi connectivity index (χ0v) is 20.2. The van der Waals surface area contributed by atoms with E-state index in [0.29, 0.717) is 34.3 Å². The fourth-order valence-electron chi connectivity index (χ4n) is 4.82. The highest BCUT2D eigenvalue weighted by atomic mass is 35.5. The topological polar surface area (TPSA) is 122 Å². The van der Waals surface area contributed by atoms with Gasteiger partial charge in [-0.05, 0) is 36.8 Å². The van der Waals surface area contributed by atoms with Crippen LogP contribution in [0.15, 0.2) is 18.5 Å². The molecule has 0 bridgehead atoms. The Morgan fingerprint density at radius 1 is 1.38 bits per heavy atom. The van der Waals surface area contributed by atoms with Crippen molar-refractivity contribution in [2.45, 2.75) is 44.4 Å². The average molecular weight is 502 g/mol. The molecule has 0 spiro atoms. The number of unbranched alkanes of at least 4 members (excludes halogenated alkanes) is 1. The molecule has 0 aliphatic heterocycles. The molecule has 2 fully saturated rings. The molecule has 9 nitrogen and oxygen atoms in total. The van der Waals surface area contributed by atoms with Crippen molar-refractivity contribution in [3.63, 3.8) is 0 Å². The third kappa shape index (κ3) is 3.64. The Morgan fingerprint density at radius 3 is 2.91 bits per heavy atom. The highest BCUT2D eigenvalue weighted by Crippen LogP contribution is 2.68. The van der Waals surface area contributed by atoms with Gasteiger partial charge in [-0.1, -0.05) is 24.9 Å². The summed E-state index contributed by atoms with van der Waals surface area (Å²) in [5, 5.41) is 24.8. The lowest BCUT2D eigenvalue weighted by Crippen LogP contribution is -2.38. The molecule has 5 atom stereocenters. The molecule has 11 heteroatoms. The summed E-state index contributed by atoms with van der Waals surface area (Å²) in [6.07, 6.45) is 1.28. The Bertz CT molecular complexity index is 1310. The van der Waals surface area contributed by atoms with Crippen molar-refractivity contribution >= 4 is 45.9 Å². The van der Waals surface area contributed by atoms with Gasteiger partial charge in [0.05, 0.1) is 34.3 Å². The summed E-state index contributed by atoms with van der Waals surface area (Å²) in [5.74, 6) is 6.01. The van der Waals surface area contributed by atoms with Crippen LogP contribution in [0.4, 0.5) is 5.82 Å². The number of thiophene rings is 1. The molecule has 2 aliphatic carbocycles. The molecule has 3 aromatic rings. The van der Waals surface area contributed by atoms with Gasteiger partial charge >= 0.3 is 5.97 Å².